The van der Waals surface area contributed by atoms with Crippen LogP contribution in [0.2, 0.25) is 0 Å². The molecule has 3 N–H and O–H groups in total. The maximum Gasteiger partial charge on any atom is 0.265 e. The Morgan fingerprint density at radius 2 is 1.94 bits per heavy atom. The molecule has 2 atom stereocenters. The second kappa shape index (κ2) is 8.35. The first-order valence-corrected chi connectivity index (χ1v) is 10.4. The van der Waals surface area contributed by atoms with Gasteiger partial charge in [-0.15, -0.1) is 0 Å². The number of hydrogen-bond acceptors (Lipinski definition) is 5. The van der Waals surface area contributed by atoms with Gasteiger partial charge in [-0.25, -0.2) is 5.48 Å². The lowest BCUT2D eigenvalue weighted by Crippen LogP contribution is -2.47. The van der Waals surface area contributed by atoms with Crippen LogP contribution in [0.4, 0.5) is 5.69 Å². The van der Waals surface area contributed by atoms with Gasteiger partial charge in [-0.2, -0.15) is 0 Å². The van der Waals surface area contributed by atoms with Gasteiger partial charge in [0.1, 0.15) is 6.04 Å². The maximum atomic E-state index is 13.1. The van der Waals surface area contributed by atoms with E-state index in [4.69, 9.17) is 5.21 Å². The molecule has 31 heavy (non-hydrogen) atoms. The number of benzene rings is 2. The minimum atomic E-state index is -0.713. The molecule has 2 amide bonds. The van der Waals surface area contributed by atoms with Crippen molar-refractivity contribution in [2.45, 2.75) is 38.3 Å². The van der Waals surface area contributed by atoms with Crippen LogP contribution >= 0.6 is 0 Å². The molecule has 1 aliphatic heterocycles. The lowest BCUT2D eigenvalue weighted by Gasteiger charge is -2.27. The van der Waals surface area contributed by atoms with E-state index in [2.05, 4.69) is 16.4 Å². The van der Waals surface area contributed by atoms with E-state index in [9.17, 15) is 9.59 Å². The topological polar surface area (TPSA) is 94.6 Å². The quantitative estimate of drug-likeness (QED) is 0.422. The fourth-order valence-corrected chi connectivity index (χ4v) is 4.20. The van der Waals surface area contributed by atoms with Gasteiger partial charge in [0.15, 0.2) is 0 Å². The first kappa shape index (κ1) is 20.8. The predicted molar refractivity (Wildman–Crippen MR) is 119 cm³/mol. The van der Waals surface area contributed by atoms with Gasteiger partial charge in [0.05, 0.1) is 10.9 Å². The van der Waals surface area contributed by atoms with Crippen LogP contribution in [0.3, 0.4) is 0 Å². The number of para-hydroxylation sites is 1. The third-order valence-corrected chi connectivity index (χ3v) is 6.29. The highest BCUT2D eigenvalue weighted by molar-refractivity contribution is 5.94. The lowest BCUT2D eigenvalue weighted by atomic mass is 9.81. The normalized spacial score (nSPS) is 19.5. The molecule has 7 nitrogen and oxygen atoms in total. The largest absolute Gasteiger partial charge is 0.381 e. The number of amides is 2. The summed E-state index contributed by atoms with van der Waals surface area (Å²) >= 11 is 0. The van der Waals surface area contributed by atoms with E-state index >= 15 is 0 Å². The minimum absolute atomic E-state index is 0.104. The molecule has 1 aliphatic rings. The number of hydroxylamine groups is 1. The van der Waals surface area contributed by atoms with Crippen LogP contribution in [0.15, 0.2) is 60.8 Å². The molecule has 1 aromatic heterocycles. The fourth-order valence-electron chi connectivity index (χ4n) is 4.20. The SMILES string of the molecule is CC(C(=O)NO)N1CCC(C)(c2ccc(NCc3ccnc4ccccc34)cc2)C1=O. The van der Waals surface area contributed by atoms with Crippen molar-refractivity contribution in [3.63, 3.8) is 0 Å². The molecular weight excluding hydrogens is 392 g/mol. The van der Waals surface area contributed by atoms with Crippen molar-refractivity contribution in [3.05, 3.63) is 71.9 Å². The summed E-state index contributed by atoms with van der Waals surface area (Å²) in [4.78, 5) is 30.7. The molecule has 0 spiro atoms. The van der Waals surface area contributed by atoms with Crippen LogP contribution in [0, 0.1) is 0 Å². The van der Waals surface area contributed by atoms with Crippen LogP contribution in [0.5, 0.6) is 0 Å². The lowest BCUT2D eigenvalue weighted by molar-refractivity contribution is -0.143. The zero-order valence-electron chi connectivity index (χ0n) is 17.6. The number of nitrogens with zero attached hydrogens (tertiary/aromatic N) is 2. The van der Waals surface area contributed by atoms with Crippen molar-refractivity contribution < 1.29 is 14.8 Å². The van der Waals surface area contributed by atoms with E-state index in [0.29, 0.717) is 19.5 Å². The molecule has 0 aliphatic carbocycles. The van der Waals surface area contributed by atoms with Crippen LogP contribution in [-0.2, 0) is 21.5 Å². The van der Waals surface area contributed by atoms with Gasteiger partial charge in [0.25, 0.3) is 5.91 Å². The van der Waals surface area contributed by atoms with Crippen LogP contribution in [0.1, 0.15) is 31.4 Å². The van der Waals surface area contributed by atoms with Crippen LogP contribution < -0.4 is 10.8 Å². The van der Waals surface area contributed by atoms with Gasteiger partial charge < -0.3 is 10.2 Å². The Labute approximate surface area is 181 Å². The van der Waals surface area contributed by atoms with E-state index < -0.39 is 17.4 Å². The molecule has 160 valence electrons. The summed E-state index contributed by atoms with van der Waals surface area (Å²) in [6.45, 7) is 4.66. The average molecular weight is 418 g/mol. The molecule has 2 aromatic carbocycles. The van der Waals surface area contributed by atoms with E-state index in [0.717, 1.165) is 22.2 Å². The van der Waals surface area contributed by atoms with Gasteiger partial charge in [-0.3, -0.25) is 19.8 Å². The van der Waals surface area contributed by atoms with E-state index in [1.165, 1.54) is 10.5 Å². The Kier molecular flexibility index (Phi) is 5.61. The Bertz CT molecular complexity index is 1110. The fraction of sp³-hybridized carbons (Fsp3) is 0.292. The van der Waals surface area contributed by atoms with Crippen LogP contribution in [0.25, 0.3) is 10.9 Å². The molecule has 1 fully saturated rings. The molecule has 1 saturated heterocycles. The maximum absolute atomic E-state index is 13.1. The number of likely N-dealkylation sites (tertiary alicyclic amines) is 1. The number of hydrogen-bond donors (Lipinski definition) is 3. The van der Waals surface area contributed by atoms with Gasteiger partial charge in [-0.1, -0.05) is 30.3 Å². The summed E-state index contributed by atoms with van der Waals surface area (Å²) in [5.74, 6) is -0.687. The minimum Gasteiger partial charge on any atom is -0.381 e. The average Bonchev–Trinajstić information content (AvgIpc) is 3.12. The Balaban J connectivity index is 1.47. The Hall–Kier alpha value is -3.45. The summed E-state index contributed by atoms with van der Waals surface area (Å²) in [6.07, 6.45) is 2.43. The number of nitrogens with one attached hydrogen (secondary N) is 2. The summed E-state index contributed by atoms with van der Waals surface area (Å²) in [5.41, 5.74) is 4.95. The Morgan fingerprint density at radius 3 is 2.68 bits per heavy atom. The smallest absolute Gasteiger partial charge is 0.265 e. The second-order valence-electron chi connectivity index (χ2n) is 8.15. The van der Waals surface area contributed by atoms with Gasteiger partial charge in [0, 0.05) is 30.4 Å². The van der Waals surface area contributed by atoms with Gasteiger partial charge in [0.2, 0.25) is 5.91 Å². The van der Waals surface area contributed by atoms with Gasteiger partial charge >= 0.3 is 0 Å². The molecule has 3 aromatic rings. The molecule has 0 bridgehead atoms. The van der Waals surface area contributed by atoms with Gasteiger partial charge in [-0.05, 0) is 55.7 Å². The van der Waals surface area contributed by atoms with E-state index in [1.54, 1.807) is 12.4 Å². The summed E-state index contributed by atoms with van der Waals surface area (Å²) < 4.78 is 0. The monoisotopic (exact) mass is 418 g/mol. The molecule has 2 unspecified atom stereocenters. The number of rotatable bonds is 6. The highest BCUT2D eigenvalue weighted by atomic mass is 16.5. The Morgan fingerprint density at radius 1 is 1.19 bits per heavy atom. The second-order valence-corrected chi connectivity index (χ2v) is 8.15. The number of carbonyl (C=O) groups excluding carboxylic acids is 2. The molecule has 2 heterocycles. The highest BCUT2D eigenvalue weighted by Crippen LogP contribution is 2.37. The number of carbonyl (C=O) groups is 2. The zero-order valence-corrected chi connectivity index (χ0v) is 17.6. The molecule has 4 rings (SSSR count). The van der Waals surface area contributed by atoms with Crippen molar-refractivity contribution in [1.29, 1.82) is 0 Å². The summed E-state index contributed by atoms with van der Waals surface area (Å²) in [5, 5.41) is 13.4. The predicted octanol–water partition coefficient (Wildman–Crippen LogP) is 3.23. The van der Waals surface area contributed by atoms with Crippen molar-refractivity contribution in [1.82, 2.24) is 15.4 Å². The third kappa shape index (κ3) is 3.84. The number of anilines is 1. The highest BCUT2D eigenvalue weighted by Gasteiger charge is 2.46. The van der Waals surface area contributed by atoms with Crippen molar-refractivity contribution >= 4 is 28.4 Å². The first-order valence-electron chi connectivity index (χ1n) is 10.4. The van der Waals surface area contributed by atoms with Crippen molar-refractivity contribution in [2.24, 2.45) is 0 Å². The summed E-state index contributed by atoms with van der Waals surface area (Å²) in [7, 11) is 0. The molecule has 0 radical (unpaired) electrons. The third-order valence-electron chi connectivity index (χ3n) is 6.29. The molecule has 7 heteroatoms. The van der Waals surface area contributed by atoms with E-state index in [-0.39, 0.29) is 5.91 Å². The summed E-state index contributed by atoms with van der Waals surface area (Å²) in [6, 6.07) is 17.2. The number of fused-ring (bicyclic) bond motifs is 1. The standard InChI is InChI=1S/C24H26N4O3/c1-16(22(29)27-31)28-14-12-24(2,23(28)30)18-7-9-19(10-8-18)26-15-17-11-13-25-21-6-4-3-5-20(17)21/h3-11,13,16,26,31H,12,14-15H2,1-2H3,(H,27,29). The van der Waals surface area contributed by atoms with Crippen molar-refractivity contribution in [2.75, 3.05) is 11.9 Å². The number of pyridine rings is 1. The molecule has 0 saturated carbocycles. The molecular formula is C24H26N4O3. The van der Waals surface area contributed by atoms with Crippen LogP contribution in [-0.4, -0.2) is 39.5 Å². The van der Waals surface area contributed by atoms with E-state index in [1.807, 2.05) is 61.7 Å². The first-order chi connectivity index (χ1) is 14.9. The number of aromatic nitrogens is 1. The zero-order chi connectivity index (χ0) is 22.0. The van der Waals surface area contributed by atoms with Crippen molar-refractivity contribution in [3.8, 4) is 0 Å².